The van der Waals surface area contributed by atoms with Crippen molar-refractivity contribution in [3.05, 3.63) is 0 Å². The Balaban J connectivity index is 3.23. The molecule has 0 aromatic rings. The molecule has 0 radical (unpaired) electrons. The summed E-state index contributed by atoms with van der Waals surface area (Å²) in [4.78, 5) is 33.0. The zero-order valence-corrected chi connectivity index (χ0v) is 15.1. The maximum Gasteiger partial charge on any atom is 0.245 e. The maximum atomic E-state index is 11.6. The topological polar surface area (TPSA) is 112 Å². The quantitative estimate of drug-likeness (QED) is 0.329. The van der Waals surface area contributed by atoms with Gasteiger partial charge in [0.25, 0.3) is 0 Å². The highest BCUT2D eigenvalue weighted by Crippen LogP contribution is 1.94. The summed E-state index contributed by atoms with van der Waals surface area (Å²) in [6, 6.07) is 0. The average molecular weight is 362 g/mol. The predicted octanol–water partition coefficient (Wildman–Crippen LogP) is -0.716. The Morgan fingerprint density at radius 1 is 0.800 bits per heavy atom. The summed E-state index contributed by atoms with van der Waals surface area (Å²) < 4.78 is 20.8. The highest BCUT2D eigenvalue weighted by Gasteiger charge is 2.02. The third-order valence-electron chi connectivity index (χ3n) is 2.88. The Morgan fingerprint density at radius 2 is 1.40 bits per heavy atom. The molecule has 9 nitrogen and oxygen atoms in total. The molecular weight excluding hydrogens is 332 g/mol. The lowest BCUT2D eigenvalue weighted by atomic mass is 10.2. The van der Waals surface area contributed by atoms with Gasteiger partial charge in [0, 0.05) is 33.5 Å². The van der Waals surface area contributed by atoms with Gasteiger partial charge in [-0.3, -0.25) is 14.4 Å². The minimum atomic E-state index is -0.177. The number of ether oxygens (including phenoxy) is 4. The summed E-state index contributed by atoms with van der Waals surface area (Å²) >= 11 is 0. The van der Waals surface area contributed by atoms with Crippen LogP contribution >= 0.6 is 0 Å². The summed E-state index contributed by atoms with van der Waals surface area (Å²) in [6.45, 7) is 4.31. The highest BCUT2D eigenvalue weighted by molar-refractivity contribution is 5.79. The minimum absolute atomic E-state index is 0.0118. The molecule has 0 rings (SSSR count). The van der Waals surface area contributed by atoms with Gasteiger partial charge in [0.05, 0.1) is 33.0 Å². The second kappa shape index (κ2) is 17.3. The Kier molecular flexibility index (Phi) is 16.2. The molecule has 9 heteroatoms. The number of rotatable bonds is 17. The molecule has 0 aliphatic rings. The third kappa shape index (κ3) is 18.6. The molecule has 0 aliphatic carbocycles. The molecule has 0 aromatic heterocycles. The summed E-state index contributed by atoms with van der Waals surface area (Å²) in [6.07, 6.45) is 1.01. The molecule has 0 aliphatic heterocycles. The Morgan fingerprint density at radius 3 is 2.04 bits per heavy atom. The number of carbonyl (C=O) groups excluding carboxylic acids is 3. The van der Waals surface area contributed by atoms with Gasteiger partial charge in [-0.15, -0.1) is 0 Å². The van der Waals surface area contributed by atoms with E-state index in [-0.39, 0.29) is 30.8 Å². The van der Waals surface area contributed by atoms with Crippen LogP contribution in [0.2, 0.25) is 0 Å². The second-order valence-electron chi connectivity index (χ2n) is 5.13. The average Bonchev–Trinajstić information content (AvgIpc) is 2.58. The number of hydrogen-bond donors (Lipinski definition) is 2. The smallest absolute Gasteiger partial charge is 0.245 e. The van der Waals surface area contributed by atoms with Crippen LogP contribution in [-0.4, -0.2) is 84.0 Å². The second-order valence-corrected chi connectivity index (χ2v) is 5.13. The lowest BCUT2D eigenvalue weighted by Gasteiger charge is -2.07. The van der Waals surface area contributed by atoms with E-state index in [0.29, 0.717) is 59.0 Å². The molecular formula is C16H30N2O7. The van der Waals surface area contributed by atoms with Crippen LogP contribution in [0.3, 0.4) is 0 Å². The molecule has 146 valence electrons. The highest BCUT2D eigenvalue weighted by atomic mass is 16.5. The first kappa shape index (κ1) is 23.4. The fraction of sp³-hybridized carbons (Fsp3) is 0.812. The number of carbonyl (C=O) groups is 3. The number of likely N-dealkylation sites (N-methyl/N-ethyl adjacent to an activating group) is 1. The van der Waals surface area contributed by atoms with E-state index in [0.717, 1.165) is 0 Å². The zero-order valence-electron chi connectivity index (χ0n) is 15.1. The van der Waals surface area contributed by atoms with Gasteiger partial charge in [0.15, 0.2) is 5.78 Å². The van der Waals surface area contributed by atoms with Crippen LogP contribution in [0.25, 0.3) is 0 Å². The van der Waals surface area contributed by atoms with Gasteiger partial charge in [-0.05, 0) is 6.42 Å². The van der Waals surface area contributed by atoms with Crippen LogP contribution in [-0.2, 0) is 33.3 Å². The molecule has 25 heavy (non-hydrogen) atoms. The van der Waals surface area contributed by atoms with E-state index in [1.807, 2.05) is 0 Å². The van der Waals surface area contributed by atoms with Crippen molar-refractivity contribution in [1.82, 2.24) is 10.6 Å². The van der Waals surface area contributed by atoms with Gasteiger partial charge in [-0.25, -0.2) is 0 Å². The molecule has 0 fully saturated rings. The van der Waals surface area contributed by atoms with Gasteiger partial charge >= 0.3 is 0 Å². The van der Waals surface area contributed by atoms with Crippen molar-refractivity contribution in [2.75, 3.05) is 66.4 Å². The van der Waals surface area contributed by atoms with Crippen molar-refractivity contribution in [3.63, 3.8) is 0 Å². The van der Waals surface area contributed by atoms with Gasteiger partial charge in [-0.2, -0.15) is 0 Å². The monoisotopic (exact) mass is 362 g/mol. The Hall–Kier alpha value is -1.55. The van der Waals surface area contributed by atoms with Crippen molar-refractivity contribution in [2.45, 2.75) is 19.8 Å². The van der Waals surface area contributed by atoms with E-state index in [1.165, 1.54) is 6.92 Å². The van der Waals surface area contributed by atoms with E-state index < -0.39 is 0 Å². The molecule has 0 unspecified atom stereocenters. The van der Waals surface area contributed by atoms with E-state index in [4.69, 9.17) is 18.9 Å². The molecule has 0 atom stereocenters. The summed E-state index contributed by atoms with van der Waals surface area (Å²) in [7, 11) is 1.55. The lowest BCUT2D eigenvalue weighted by molar-refractivity contribution is -0.126. The zero-order chi connectivity index (χ0) is 18.8. The number of amides is 2. The standard InChI is InChI=1S/C16H30N2O7/c1-14(19)18-5-7-23-9-10-24-12-15(20)4-3-6-22-8-11-25-13-16(21)17-2/h3-13H2,1-2H3,(H,17,21)(H,18,19). The van der Waals surface area contributed by atoms with E-state index >= 15 is 0 Å². The number of Topliss-reactive ketones (excluding diaryl/α,β-unsaturated/α-hetero) is 1. The molecule has 0 aromatic carbocycles. The molecule has 2 amide bonds. The van der Waals surface area contributed by atoms with Crippen LogP contribution in [0.4, 0.5) is 0 Å². The first-order valence-corrected chi connectivity index (χ1v) is 8.34. The van der Waals surface area contributed by atoms with Crippen molar-refractivity contribution in [2.24, 2.45) is 0 Å². The fourth-order valence-corrected chi connectivity index (χ4v) is 1.61. The Labute approximate surface area is 148 Å². The van der Waals surface area contributed by atoms with Gasteiger partial charge in [0.1, 0.15) is 13.2 Å². The van der Waals surface area contributed by atoms with E-state index in [9.17, 15) is 14.4 Å². The van der Waals surface area contributed by atoms with Gasteiger partial charge in [0.2, 0.25) is 11.8 Å². The molecule has 0 spiro atoms. The van der Waals surface area contributed by atoms with Crippen molar-refractivity contribution in [1.29, 1.82) is 0 Å². The number of ketones is 1. The van der Waals surface area contributed by atoms with Crippen LogP contribution < -0.4 is 10.6 Å². The molecule has 0 saturated carbocycles. The summed E-state index contributed by atoms with van der Waals surface area (Å²) in [5.74, 6) is -0.257. The summed E-state index contributed by atoms with van der Waals surface area (Å²) in [5, 5.41) is 5.06. The van der Waals surface area contributed by atoms with Crippen molar-refractivity contribution >= 4 is 17.6 Å². The Bertz CT molecular complexity index is 377. The van der Waals surface area contributed by atoms with Gasteiger partial charge in [-0.1, -0.05) is 0 Å². The molecule has 0 heterocycles. The predicted molar refractivity (Wildman–Crippen MR) is 90.3 cm³/mol. The number of nitrogens with one attached hydrogen (secondary N) is 2. The van der Waals surface area contributed by atoms with E-state index in [1.54, 1.807) is 7.05 Å². The van der Waals surface area contributed by atoms with Crippen molar-refractivity contribution < 1.29 is 33.3 Å². The molecule has 2 N–H and O–H groups in total. The van der Waals surface area contributed by atoms with Gasteiger partial charge < -0.3 is 29.6 Å². The van der Waals surface area contributed by atoms with Crippen LogP contribution in [0, 0.1) is 0 Å². The van der Waals surface area contributed by atoms with Crippen LogP contribution in [0.5, 0.6) is 0 Å². The first-order valence-electron chi connectivity index (χ1n) is 8.34. The largest absolute Gasteiger partial charge is 0.379 e. The SMILES string of the molecule is CNC(=O)COCCOCCCC(=O)COCCOCCNC(C)=O. The van der Waals surface area contributed by atoms with Crippen LogP contribution in [0.1, 0.15) is 19.8 Å². The fourth-order valence-electron chi connectivity index (χ4n) is 1.61. The first-order chi connectivity index (χ1) is 12.1. The maximum absolute atomic E-state index is 11.6. The third-order valence-corrected chi connectivity index (χ3v) is 2.88. The minimum Gasteiger partial charge on any atom is -0.379 e. The normalized spacial score (nSPS) is 10.5. The van der Waals surface area contributed by atoms with Crippen molar-refractivity contribution in [3.8, 4) is 0 Å². The summed E-state index contributed by atoms with van der Waals surface area (Å²) in [5.41, 5.74) is 0. The molecule has 0 saturated heterocycles. The molecule has 0 bridgehead atoms. The lowest BCUT2D eigenvalue weighted by Crippen LogP contribution is -2.25. The van der Waals surface area contributed by atoms with Crippen LogP contribution in [0.15, 0.2) is 0 Å². The number of hydrogen-bond acceptors (Lipinski definition) is 7. The van der Waals surface area contributed by atoms with E-state index in [2.05, 4.69) is 10.6 Å².